The first kappa shape index (κ1) is 25.8. The molecule has 190 valence electrons. The topological polar surface area (TPSA) is 104 Å². The monoisotopic (exact) mass is 521 g/mol. The van der Waals surface area contributed by atoms with Crippen LogP contribution in [-0.4, -0.2) is 26.1 Å². The first-order valence-corrected chi connectivity index (χ1v) is 11.8. The number of hydrogen-bond donors (Lipinski definition) is 1. The van der Waals surface area contributed by atoms with Gasteiger partial charge in [0.15, 0.2) is 0 Å². The molecule has 8 nitrogen and oxygen atoms in total. The second-order valence-electron chi connectivity index (χ2n) is 7.98. The zero-order valence-corrected chi connectivity index (χ0v) is 21.2. The number of rotatable bonds is 8. The number of hydrogen-bond acceptors (Lipinski definition) is 7. The van der Waals surface area contributed by atoms with Crippen molar-refractivity contribution in [2.75, 3.05) is 19.5 Å². The lowest BCUT2D eigenvalue weighted by Crippen LogP contribution is -2.21. The number of ether oxygens (including phenoxy) is 3. The van der Waals surface area contributed by atoms with Gasteiger partial charge >= 0.3 is 11.6 Å². The van der Waals surface area contributed by atoms with Crippen LogP contribution in [-0.2, 0) is 16.0 Å². The van der Waals surface area contributed by atoms with E-state index < -0.39 is 17.5 Å². The van der Waals surface area contributed by atoms with Gasteiger partial charge in [0.1, 0.15) is 28.5 Å². The number of halogens is 1. The van der Waals surface area contributed by atoms with E-state index in [1.165, 1.54) is 20.3 Å². The molecular formula is C28H24ClNO7. The Labute approximate surface area is 217 Å². The minimum absolute atomic E-state index is 0.116. The highest BCUT2D eigenvalue weighted by Crippen LogP contribution is 2.38. The second kappa shape index (κ2) is 11.2. The molecule has 0 aliphatic heterocycles. The Morgan fingerprint density at radius 3 is 2.24 bits per heavy atom. The predicted molar refractivity (Wildman–Crippen MR) is 141 cm³/mol. The molecule has 0 fully saturated rings. The van der Waals surface area contributed by atoms with Gasteiger partial charge in [-0.25, -0.2) is 4.79 Å². The SMILES string of the molecule is CCC(=O)Oc1cc2c(-c3ccccc3)c(CC(=O)Nc3c(OC)cccc3OC)c(=O)oc2cc1Cl. The van der Waals surface area contributed by atoms with Crippen molar-refractivity contribution in [3.8, 4) is 28.4 Å². The number of amides is 1. The molecule has 0 spiro atoms. The molecule has 0 saturated heterocycles. The zero-order valence-electron chi connectivity index (χ0n) is 20.4. The summed E-state index contributed by atoms with van der Waals surface area (Å²) in [6.07, 6.45) is -0.155. The first-order valence-electron chi connectivity index (χ1n) is 11.4. The maximum absolute atomic E-state index is 13.2. The Hall–Kier alpha value is -4.30. The quantitative estimate of drug-likeness (QED) is 0.182. The summed E-state index contributed by atoms with van der Waals surface area (Å²) in [4.78, 5) is 38.3. The summed E-state index contributed by atoms with van der Waals surface area (Å²) in [5.41, 5.74) is 1.11. The van der Waals surface area contributed by atoms with Crippen molar-refractivity contribution in [1.82, 2.24) is 0 Å². The maximum atomic E-state index is 13.2. The summed E-state index contributed by atoms with van der Waals surface area (Å²) in [7, 11) is 2.95. The van der Waals surface area contributed by atoms with Crippen LogP contribution in [0.4, 0.5) is 5.69 Å². The molecule has 1 N–H and O–H groups in total. The summed E-state index contributed by atoms with van der Waals surface area (Å²) >= 11 is 6.30. The highest BCUT2D eigenvalue weighted by Gasteiger charge is 2.22. The molecule has 1 aromatic heterocycles. The number of fused-ring (bicyclic) bond motifs is 1. The Morgan fingerprint density at radius 2 is 1.62 bits per heavy atom. The molecule has 0 aliphatic rings. The van der Waals surface area contributed by atoms with Crippen molar-refractivity contribution in [3.05, 3.63) is 81.7 Å². The molecule has 0 unspecified atom stereocenters. The Balaban J connectivity index is 1.85. The molecule has 3 aromatic carbocycles. The van der Waals surface area contributed by atoms with Crippen LogP contribution in [0.2, 0.25) is 5.02 Å². The van der Waals surface area contributed by atoms with E-state index >= 15 is 0 Å². The molecule has 37 heavy (non-hydrogen) atoms. The average Bonchev–Trinajstić information content (AvgIpc) is 2.90. The number of nitrogens with one attached hydrogen (secondary N) is 1. The first-order chi connectivity index (χ1) is 17.9. The number of carbonyl (C=O) groups excluding carboxylic acids is 2. The lowest BCUT2D eigenvalue weighted by molar-refractivity contribution is -0.134. The molecule has 4 aromatic rings. The minimum Gasteiger partial charge on any atom is -0.494 e. The maximum Gasteiger partial charge on any atom is 0.340 e. The zero-order chi connectivity index (χ0) is 26.5. The smallest absolute Gasteiger partial charge is 0.340 e. The van der Waals surface area contributed by atoms with Gasteiger partial charge in [-0.1, -0.05) is 54.9 Å². The Morgan fingerprint density at radius 1 is 0.946 bits per heavy atom. The standard InChI is InChI=1S/C28H24ClNO7/c1-4-25(32)36-23-13-17-22(15-19(23)29)37-28(33)18(26(17)16-9-6-5-7-10-16)14-24(31)30-27-20(34-2)11-8-12-21(27)35-3/h5-13,15H,4,14H2,1-3H3,(H,30,31). The van der Waals surface area contributed by atoms with Crippen molar-refractivity contribution in [3.63, 3.8) is 0 Å². The summed E-state index contributed by atoms with van der Waals surface area (Å²) in [5, 5.41) is 3.36. The van der Waals surface area contributed by atoms with Crippen LogP contribution < -0.4 is 25.2 Å². The van der Waals surface area contributed by atoms with Crippen molar-refractivity contribution < 1.29 is 28.2 Å². The molecule has 0 saturated carbocycles. The van der Waals surface area contributed by atoms with Crippen molar-refractivity contribution >= 4 is 40.1 Å². The van der Waals surface area contributed by atoms with Crippen LogP contribution in [0.1, 0.15) is 18.9 Å². The van der Waals surface area contributed by atoms with Crippen molar-refractivity contribution in [1.29, 1.82) is 0 Å². The van der Waals surface area contributed by atoms with Gasteiger partial charge in [-0.15, -0.1) is 0 Å². The second-order valence-corrected chi connectivity index (χ2v) is 8.39. The van der Waals surface area contributed by atoms with Crippen LogP contribution in [0.3, 0.4) is 0 Å². The van der Waals surface area contributed by atoms with Gasteiger partial charge in [-0.3, -0.25) is 9.59 Å². The summed E-state index contributed by atoms with van der Waals surface area (Å²) < 4.78 is 21.6. The van der Waals surface area contributed by atoms with E-state index in [9.17, 15) is 14.4 Å². The summed E-state index contributed by atoms with van der Waals surface area (Å²) in [6, 6.07) is 17.1. The Bertz CT molecular complexity index is 1510. The van der Waals surface area contributed by atoms with Gasteiger partial charge in [0.2, 0.25) is 5.91 Å². The van der Waals surface area contributed by atoms with Crippen molar-refractivity contribution in [2.45, 2.75) is 19.8 Å². The highest BCUT2D eigenvalue weighted by molar-refractivity contribution is 6.33. The van der Waals surface area contributed by atoms with Gasteiger partial charge < -0.3 is 23.9 Å². The van der Waals surface area contributed by atoms with E-state index in [1.54, 1.807) is 31.2 Å². The number of para-hydroxylation sites is 1. The van der Waals surface area contributed by atoms with Crippen LogP contribution in [0.25, 0.3) is 22.1 Å². The van der Waals surface area contributed by atoms with Crippen LogP contribution in [0.15, 0.2) is 69.9 Å². The fourth-order valence-corrected chi connectivity index (χ4v) is 4.12. The lowest BCUT2D eigenvalue weighted by Gasteiger charge is -2.16. The largest absolute Gasteiger partial charge is 0.494 e. The lowest BCUT2D eigenvalue weighted by atomic mass is 9.95. The average molecular weight is 522 g/mol. The number of esters is 1. The number of benzene rings is 3. The Kier molecular flexibility index (Phi) is 7.79. The van der Waals surface area contributed by atoms with E-state index in [0.29, 0.717) is 33.7 Å². The van der Waals surface area contributed by atoms with Gasteiger partial charge in [-0.05, 0) is 23.8 Å². The molecule has 4 rings (SSSR count). The number of methoxy groups -OCH3 is 2. The molecule has 0 aliphatic carbocycles. The third kappa shape index (κ3) is 5.44. The van der Waals surface area contributed by atoms with Crippen molar-refractivity contribution in [2.24, 2.45) is 0 Å². The number of carbonyl (C=O) groups is 2. The summed E-state index contributed by atoms with van der Waals surface area (Å²) in [5.74, 6) is -0.0261. The van der Waals surface area contributed by atoms with Gasteiger partial charge in [0.25, 0.3) is 0 Å². The molecular weight excluding hydrogens is 498 g/mol. The normalized spacial score (nSPS) is 10.7. The van der Waals surface area contributed by atoms with Crippen LogP contribution in [0, 0.1) is 0 Å². The fraction of sp³-hybridized carbons (Fsp3) is 0.179. The molecule has 0 atom stereocenters. The third-order valence-corrected chi connectivity index (χ3v) is 5.95. The highest BCUT2D eigenvalue weighted by atomic mass is 35.5. The van der Waals surface area contributed by atoms with E-state index in [0.717, 1.165) is 0 Å². The van der Waals surface area contributed by atoms with E-state index in [-0.39, 0.29) is 34.8 Å². The molecule has 1 heterocycles. The van der Waals surface area contributed by atoms with E-state index in [1.807, 2.05) is 30.3 Å². The molecule has 0 bridgehead atoms. The predicted octanol–water partition coefficient (Wildman–Crippen LogP) is 5.63. The third-order valence-electron chi connectivity index (χ3n) is 5.66. The molecule has 0 radical (unpaired) electrons. The van der Waals surface area contributed by atoms with E-state index in [4.69, 9.17) is 30.2 Å². The summed E-state index contributed by atoms with van der Waals surface area (Å²) in [6.45, 7) is 1.67. The van der Waals surface area contributed by atoms with E-state index in [2.05, 4.69) is 5.32 Å². The van der Waals surface area contributed by atoms with Crippen LogP contribution >= 0.6 is 11.6 Å². The van der Waals surface area contributed by atoms with Gasteiger partial charge in [0, 0.05) is 23.4 Å². The molecule has 1 amide bonds. The van der Waals surface area contributed by atoms with Gasteiger partial charge in [0.05, 0.1) is 31.2 Å². The molecule has 9 heteroatoms. The van der Waals surface area contributed by atoms with Gasteiger partial charge in [-0.2, -0.15) is 0 Å². The minimum atomic E-state index is -0.692. The van der Waals surface area contributed by atoms with Crippen LogP contribution in [0.5, 0.6) is 17.2 Å². The fourth-order valence-electron chi connectivity index (χ4n) is 3.93. The number of anilines is 1.